The zero-order valence-corrected chi connectivity index (χ0v) is 13.4. The number of amides is 1. The SMILES string of the molecule is NC(=O)[C@@H]1CCCN1c1ccc(C(=O)c2ccccc2)cc1[N+](=O)[O-]. The molecule has 0 aromatic heterocycles. The average Bonchev–Trinajstić information content (AvgIpc) is 3.11. The lowest BCUT2D eigenvalue weighted by Gasteiger charge is -2.24. The van der Waals surface area contributed by atoms with Crippen LogP contribution in [0.1, 0.15) is 28.8 Å². The summed E-state index contributed by atoms with van der Waals surface area (Å²) in [6, 6.07) is 12.4. The fourth-order valence-electron chi connectivity index (χ4n) is 3.16. The van der Waals surface area contributed by atoms with Gasteiger partial charge in [-0.3, -0.25) is 19.7 Å². The molecule has 3 rings (SSSR count). The van der Waals surface area contributed by atoms with Crippen LogP contribution in [-0.4, -0.2) is 29.2 Å². The highest BCUT2D eigenvalue weighted by Gasteiger charge is 2.33. The summed E-state index contributed by atoms with van der Waals surface area (Å²) in [4.78, 5) is 36.7. The van der Waals surface area contributed by atoms with E-state index in [1.165, 1.54) is 12.1 Å². The van der Waals surface area contributed by atoms with Gasteiger partial charge < -0.3 is 10.6 Å². The van der Waals surface area contributed by atoms with Gasteiger partial charge in [-0.1, -0.05) is 30.3 Å². The molecule has 25 heavy (non-hydrogen) atoms. The van der Waals surface area contributed by atoms with E-state index in [1.807, 2.05) is 0 Å². The highest BCUT2D eigenvalue weighted by molar-refractivity contribution is 6.09. The number of nitro benzene ring substituents is 1. The number of carbonyl (C=O) groups excluding carboxylic acids is 2. The summed E-state index contributed by atoms with van der Waals surface area (Å²) in [5.74, 6) is -0.792. The number of hydrogen-bond donors (Lipinski definition) is 1. The van der Waals surface area contributed by atoms with Crippen LogP contribution >= 0.6 is 0 Å². The predicted octanol–water partition coefficient (Wildman–Crippen LogP) is 2.28. The van der Waals surface area contributed by atoms with Gasteiger partial charge in [-0.25, -0.2) is 0 Å². The van der Waals surface area contributed by atoms with Crippen molar-refractivity contribution in [3.8, 4) is 0 Å². The number of rotatable bonds is 5. The van der Waals surface area contributed by atoms with E-state index < -0.39 is 16.9 Å². The first kappa shape index (κ1) is 16.6. The Morgan fingerprint density at radius 3 is 2.48 bits per heavy atom. The highest BCUT2D eigenvalue weighted by Crippen LogP contribution is 2.34. The number of hydrogen-bond acceptors (Lipinski definition) is 5. The van der Waals surface area contributed by atoms with Gasteiger partial charge in [0.1, 0.15) is 11.7 Å². The lowest BCUT2D eigenvalue weighted by atomic mass is 10.0. The van der Waals surface area contributed by atoms with Crippen molar-refractivity contribution in [3.05, 3.63) is 69.8 Å². The fourth-order valence-corrected chi connectivity index (χ4v) is 3.16. The molecule has 1 heterocycles. The van der Waals surface area contributed by atoms with Gasteiger partial charge in [0.15, 0.2) is 5.78 Å². The monoisotopic (exact) mass is 339 g/mol. The van der Waals surface area contributed by atoms with Crippen LogP contribution in [0.15, 0.2) is 48.5 Å². The van der Waals surface area contributed by atoms with E-state index in [4.69, 9.17) is 5.73 Å². The summed E-state index contributed by atoms with van der Waals surface area (Å²) in [6.07, 6.45) is 1.30. The van der Waals surface area contributed by atoms with Crippen molar-refractivity contribution < 1.29 is 14.5 Å². The molecule has 7 nitrogen and oxygen atoms in total. The topological polar surface area (TPSA) is 107 Å². The predicted molar refractivity (Wildman–Crippen MR) is 92.5 cm³/mol. The van der Waals surface area contributed by atoms with Crippen LogP contribution in [-0.2, 0) is 4.79 Å². The molecule has 0 bridgehead atoms. The van der Waals surface area contributed by atoms with Crippen LogP contribution in [0.2, 0.25) is 0 Å². The maximum Gasteiger partial charge on any atom is 0.293 e. The molecule has 2 N–H and O–H groups in total. The molecule has 1 aliphatic rings. The van der Waals surface area contributed by atoms with E-state index in [2.05, 4.69) is 0 Å². The quantitative estimate of drug-likeness (QED) is 0.511. The van der Waals surface area contributed by atoms with Crippen molar-refractivity contribution in [2.24, 2.45) is 5.73 Å². The molecule has 1 saturated heterocycles. The van der Waals surface area contributed by atoms with Crippen LogP contribution in [0.4, 0.5) is 11.4 Å². The molecule has 1 aliphatic heterocycles. The molecule has 0 saturated carbocycles. The Hall–Kier alpha value is -3.22. The molecule has 2 aromatic rings. The number of ketones is 1. The Morgan fingerprint density at radius 2 is 1.84 bits per heavy atom. The molecule has 1 atom stereocenters. The Kier molecular flexibility index (Phi) is 4.47. The summed E-state index contributed by atoms with van der Waals surface area (Å²) in [5.41, 5.74) is 6.21. The number of nitrogens with zero attached hydrogens (tertiary/aromatic N) is 2. The van der Waals surface area contributed by atoms with E-state index in [0.717, 1.165) is 6.42 Å². The maximum absolute atomic E-state index is 12.5. The number of benzene rings is 2. The van der Waals surface area contributed by atoms with Gasteiger partial charge in [-0.2, -0.15) is 0 Å². The van der Waals surface area contributed by atoms with Crippen LogP contribution in [0.3, 0.4) is 0 Å². The third kappa shape index (κ3) is 3.21. The second kappa shape index (κ2) is 6.72. The standard InChI is InChI=1S/C18H17N3O4/c19-18(23)15-7-4-10-20(15)14-9-8-13(11-16(14)21(24)25)17(22)12-5-2-1-3-6-12/h1-3,5-6,8-9,11,15H,4,7,10H2,(H2,19,23)/t15-/m0/s1. The van der Waals surface area contributed by atoms with E-state index in [1.54, 1.807) is 41.3 Å². The first-order valence-electron chi connectivity index (χ1n) is 7.93. The first-order chi connectivity index (χ1) is 12.0. The zero-order valence-electron chi connectivity index (χ0n) is 13.4. The minimum atomic E-state index is -0.561. The summed E-state index contributed by atoms with van der Waals surface area (Å²) < 4.78 is 0. The van der Waals surface area contributed by atoms with E-state index in [0.29, 0.717) is 24.2 Å². The Morgan fingerprint density at radius 1 is 1.12 bits per heavy atom. The number of nitrogens with two attached hydrogens (primary N) is 1. The second-order valence-corrected chi connectivity index (χ2v) is 5.91. The van der Waals surface area contributed by atoms with E-state index in [-0.39, 0.29) is 17.0 Å². The van der Waals surface area contributed by atoms with Crippen LogP contribution in [0.25, 0.3) is 0 Å². The van der Waals surface area contributed by atoms with Crippen LogP contribution < -0.4 is 10.6 Å². The third-order valence-corrected chi connectivity index (χ3v) is 4.36. The van der Waals surface area contributed by atoms with Gasteiger partial charge in [-0.05, 0) is 25.0 Å². The Bertz CT molecular complexity index is 835. The normalized spacial score (nSPS) is 16.6. The summed E-state index contributed by atoms with van der Waals surface area (Å²) in [7, 11) is 0. The third-order valence-electron chi connectivity index (χ3n) is 4.36. The minimum Gasteiger partial charge on any atom is -0.368 e. The number of nitro groups is 1. The molecular formula is C18H17N3O4. The summed E-state index contributed by atoms with van der Waals surface area (Å²) in [6.45, 7) is 0.514. The molecule has 1 amide bonds. The molecule has 0 aliphatic carbocycles. The molecule has 128 valence electrons. The summed E-state index contributed by atoms with van der Waals surface area (Å²) in [5, 5.41) is 11.5. The lowest BCUT2D eigenvalue weighted by Crippen LogP contribution is -2.40. The minimum absolute atomic E-state index is 0.199. The van der Waals surface area contributed by atoms with Crippen LogP contribution in [0.5, 0.6) is 0 Å². The van der Waals surface area contributed by atoms with Crippen molar-refractivity contribution in [2.75, 3.05) is 11.4 Å². The number of primary amides is 1. The van der Waals surface area contributed by atoms with Crippen molar-refractivity contribution in [2.45, 2.75) is 18.9 Å². The van der Waals surface area contributed by atoms with Gasteiger partial charge in [0.25, 0.3) is 5.69 Å². The smallest absolute Gasteiger partial charge is 0.293 e. The van der Waals surface area contributed by atoms with Gasteiger partial charge in [0.05, 0.1) is 4.92 Å². The zero-order chi connectivity index (χ0) is 18.0. The largest absolute Gasteiger partial charge is 0.368 e. The average molecular weight is 339 g/mol. The van der Waals surface area contributed by atoms with Gasteiger partial charge in [0.2, 0.25) is 5.91 Å². The Labute approximate surface area is 144 Å². The molecule has 7 heteroatoms. The molecule has 0 unspecified atom stereocenters. The van der Waals surface area contributed by atoms with E-state index >= 15 is 0 Å². The van der Waals surface area contributed by atoms with Crippen molar-refractivity contribution in [3.63, 3.8) is 0 Å². The molecule has 0 spiro atoms. The molecule has 0 radical (unpaired) electrons. The van der Waals surface area contributed by atoms with Crippen molar-refractivity contribution in [1.29, 1.82) is 0 Å². The van der Waals surface area contributed by atoms with Crippen molar-refractivity contribution in [1.82, 2.24) is 0 Å². The Balaban J connectivity index is 2.01. The van der Waals surface area contributed by atoms with Crippen LogP contribution in [0, 0.1) is 10.1 Å². The van der Waals surface area contributed by atoms with Gasteiger partial charge in [-0.15, -0.1) is 0 Å². The highest BCUT2D eigenvalue weighted by atomic mass is 16.6. The van der Waals surface area contributed by atoms with E-state index in [9.17, 15) is 19.7 Å². The number of anilines is 1. The first-order valence-corrected chi connectivity index (χ1v) is 7.93. The van der Waals surface area contributed by atoms with Gasteiger partial charge >= 0.3 is 0 Å². The lowest BCUT2D eigenvalue weighted by molar-refractivity contribution is -0.384. The molecule has 1 fully saturated rings. The fraction of sp³-hybridized carbons (Fsp3) is 0.222. The summed E-state index contributed by atoms with van der Waals surface area (Å²) >= 11 is 0. The molecule has 2 aromatic carbocycles. The number of carbonyl (C=O) groups is 2. The maximum atomic E-state index is 12.5. The van der Waals surface area contributed by atoms with Gasteiger partial charge in [0, 0.05) is 23.7 Å². The second-order valence-electron chi connectivity index (χ2n) is 5.91. The molecular weight excluding hydrogens is 322 g/mol. The van der Waals surface area contributed by atoms with Crippen molar-refractivity contribution >= 4 is 23.1 Å².